The summed E-state index contributed by atoms with van der Waals surface area (Å²) in [6, 6.07) is 6.24. The third-order valence-corrected chi connectivity index (χ3v) is 5.49. The number of ether oxygens (including phenoxy) is 2. The number of nitrogens with one attached hydrogen (secondary N) is 2. The van der Waals surface area contributed by atoms with Crippen LogP contribution < -0.4 is 15.4 Å². The lowest BCUT2D eigenvalue weighted by Crippen LogP contribution is -2.46. The second-order valence-corrected chi connectivity index (χ2v) is 7.14. The first-order valence-electron chi connectivity index (χ1n) is 9.32. The lowest BCUT2D eigenvalue weighted by Gasteiger charge is -2.29. The van der Waals surface area contributed by atoms with E-state index in [9.17, 15) is 9.59 Å². The molecule has 0 fully saturated rings. The molecular weight excluding hydrogens is 392 g/mol. The Hall–Kier alpha value is -2.94. The molecule has 0 aliphatic carbocycles. The van der Waals surface area contributed by atoms with E-state index in [0.29, 0.717) is 22.8 Å². The molecule has 2 aromatic rings. The van der Waals surface area contributed by atoms with E-state index in [-0.39, 0.29) is 12.6 Å². The maximum absolute atomic E-state index is 12.8. The van der Waals surface area contributed by atoms with Crippen LogP contribution in [0.5, 0.6) is 5.75 Å². The molecule has 0 saturated heterocycles. The summed E-state index contributed by atoms with van der Waals surface area (Å²) in [5.74, 6) is 0.610. The molecule has 1 aliphatic rings. The monoisotopic (exact) mass is 416 g/mol. The zero-order valence-corrected chi connectivity index (χ0v) is 17.4. The van der Waals surface area contributed by atoms with Gasteiger partial charge in [0.2, 0.25) is 0 Å². The van der Waals surface area contributed by atoms with Crippen molar-refractivity contribution in [2.45, 2.75) is 31.6 Å². The van der Waals surface area contributed by atoms with E-state index in [4.69, 9.17) is 9.47 Å². The average molecular weight is 417 g/mol. The maximum Gasteiger partial charge on any atom is 0.338 e. The van der Waals surface area contributed by atoms with E-state index in [0.717, 1.165) is 17.3 Å². The second-order valence-electron chi connectivity index (χ2n) is 6.20. The van der Waals surface area contributed by atoms with E-state index >= 15 is 0 Å². The topological polar surface area (TPSA) is 94.5 Å². The molecule has 29 heavy (non-hydrogen) atoms. The van der Waals surface area contributed by atoms with Gasteiger partial charge in [-0.25, -0.2) is 14.6 Å². The highest BCUT2D eigenvalue weighted by molar-refractivity contribution is 7.99. The number of amides is 2. The zero-order chi connectivity index (χ0) is 20.8. The summed E-state index contributed by atoms with van der Waals surface area (Å²) in [7, 11) is 1.58. The van der Waals surface area contributed by atoms with Crippen LogP contribution in [0.1, 0.15) is 25.5 Å². The predicted octanol–water partition coefficient (Wildman–Crippen LogP) is 2.88. The molecule has 2 amide bonds. The van der Waals surface area contributed by atoms with Crippen molar-refractivity contribution in [3.05, 3.63) is 53.5 Å². The number of esters is 1. The van der Waals surface area contributed by atoms with Crippen LogP contribution in [0.4, 0.5) is 4.79 Å². The quantitative estimate of drug-likeness (QED) is 0.508. The van der Waals surface area contributed by atoms with Gasteiger partial charge in [-0.05, 0) is 31.5 Å². The SMILES string of the molecule is CCOC(=O)C1=C(CSc2nccn2CC)NC(=O)NC1c1ccc(OC)cc1. The van der Waals surface area contributed by atoms with Crippen molar-refractivity contribution >= 4 is 23.8 Å². The molecule has 1 aromatic carbocycles. The number of nitrogens with zero attached hydrogens (tertiary/aromatic N) is 2. The van der Waals surface area contributed by atoms with Crippen molar-refractivity contribution in [3.63, 3.8) is 0 Å². The molecule has 2 N–H and O–H groups in total. The molecule has 0 bridgehead atoms. The van der Waals surface area contributed by atoms with E-state index in [1.807, 2.05) is 29.8 Å². The number of carbonyl (C=O) groups is 2. The molecule has 1 aromatic heterocycles. The lowest BCUT2D eigenvalue weighted by atomic mass is 9.95. The number of urea groups is 1. The van der Waals surface area contributed by atoms with Gasteiger partial charge in [0.15, 0.2) is 5.16 Å². The average Bonchev–Trinajstić information content (AvgIpc) is 3.19. The number of methoxy groups -OCH3 is 1. The fraction of sp³-hybridized carbons (Fsp3) is 0.350. The molecular formula is C20H24N4O4S. The van der Waals surface area contributed by atoms with Crippen LogP contribution >= 0.6 is 11.8 Å². The predicted molar refractivity (Wildman–Crippen MR) is 110 cm³/mol. The zero-order valence-electron chi connectivity index (χ0n) is 16.6. The number of imidazole rings is 1. The number of hydrogen-bond acceptors (Lipinski definition) is 6. The molecule has 0 radical (unpaired) electrons. The first kappa shape index (κ1) is 20.8. The third kappa shape index (κ3) is 4.73. The van der Waals surface area contributed by atoms with E-state index in [1.54, 1.807) is 32.4 Å². The van der Waals surface area contributed by atoms with Crippen LogP contribution in [0, 0.1) is 0 Å². The highest BCUT2D eigenvalue weighted by atomic mass is 32.2. The number of aromatic nitrogens is 2. The number of aryl methyl sites for hydroxylation is 1. The van der Waals surface area contributed by atoms with Crippen molar-refractivity contribution in [1.29, 1.82) is 0 Å². The molecule has 0 saturated carbocycles. The molecule has 9 heteroatoms. The van der Waals surface area contributed by atoms with E-state index in [2.05, 4.69) is 15.6 Å². The first-order valence-corrected chi connectivity index (χ1v) is 10.3. The summed E-state index contributed by atoms with van der Waals surface area (Å²) < 4.78 is 12.5. The standard InChI is InChI=1S/C20H24N4O4S/c1-4-24-11-10-21-20(24)29-12-15-16(18(25)28-5-2)17(23-19(26)22-15)13-6-8-14(27-3)9-7-13/h6-11,17H,4-5,12H2,1-3H3,(H2,22,23,26). The largest absolute Gasteiger partial charge is 0.497 e. The van der Waals surface area contributed by atoms with Gasteiger partial charge in [0.1, 0.15) is 5.75 Å². The van der Waals surface area contributed by atoms with Gasteiger partial charge in [-0.1, -0.05) is 23.9 Å². The van der Waals surface area contributed by atoms with Gasteiger partial charge < -0.3 is 24.7 Å². The summed E-state index contributed by atoms with van der Waals surface area (Å²) in [6.07, 6.45) is 3.62. The van der Waals surface area contributed by atoms with Gasteiger partial charge in [-0.15, -0.1) is 0 Å². The van der Waals surface area contributed by atoms with Crippen molar-refractivity contribution in [2.24, 2.45) is 0 Å². The van der Waals surface area contributed by atoms with Gasteiger partial charge in [-0.3, -0.25) is 0 Å². The number of benzene rings is 1. The highest BCUT2D eigenvalue weighted by Crippen LogP contribution is 2.31. The Labute approximate surface area is 173 Å². The lowest BCUT2D eigenvalue weighted by molar-refractivity contribution is -0.139. The minimum atomic E-state index is -0.616. The van der Waals surface area contributed by atoms with E-state index < -0.39 is 12.0 Å². The Bertz CT molecular complexity index is 907. The highest BCUT2D eigenvalue weighted by Gasteiger charge is 2.33. The third-order valence-electron chi connectivity index (χ3n) is 4.46. The molecule has 0 spiro atoms. The normalized spacial score (nSPS) is 16.2. The summed E-state index contributed by atoms with van der Waals surface area (Å²) in [5.41, 5.74) is 1.67. The minimum absolute atomic E-state index is 0.242. The molecule has 1 aliphatic heterocycles. The van der Waals surface area contributed by atoms with Gasteiger partial charge in [-0.2, -0.15) is 0 Å². The minimum Gasteiger partial charge on any atom is -0.497 e. The van der Waals surface area contributed by atoms with Gasteiger partial charge in [0.25, 0.3) is 0 Å². The smallest absolute Gasteiger partial charge is 0.338 e. The number of rotatable bonds is 8. The summed E-state index contributed by atoms with van der Waals surface area (Å²) >= 11 is 1.45. The number of carbonyl (C=O) groups excluding carboxylic acids is 2. The second kappa shape index (κ2) is 9.51. The molecule has 154 valence electrons. The van der Waals surface area contributed by atoms with E-state index in [1.165, 1.54) is 11.8 Å². The summed E-state index contributed by atoms with van der Waals surface area (Å²) in [6.45, 7) is 4.81. The number of thioether (sulfide) groups is 1. The van der Waals surface area contributed by atoms with Gasteiger partial charge in [0.05, 0.1) is 25.3 Å². The van der Waals surface area contributed by atoms with Gasteiger partial charge in [0, 0.05) is 30.4 Å². The Morgan fingerprint density at radius 1 is 1.28 bits per heavy atom. The Balaban J connectivity index is 1.95. The van der Waals surface area contributed by atoms with Crippen molar-refractivity contribution in [3.8, 4) is 5.75 Å². The van der Waals surface area contributed by atoms with Crippen LogP contribution in [0.15, 0.2) is 53.1 Å². The maximum atomic E-state index is 12.8. The fourth-order valence-electron chi connectivity index (χ4n) is 3.04. The number of hydrogen-bond donors (Lipinski definition) is 2. The molecule has 3 rings (SSSR count). The Morgan fingerprint density at radius 3 is 2.69 bits per heavy atom. The first-order chi connectivity index (χ1) is 14.1. The van der Waals surface area contributed by atoms with Crippen molar-refractivity contribution in [1.82, 2.24) is 20.2 Å². The van der Waals surface area contributed by atoms with Crippen LogP contribution in [0.2, 0.25) is 0 Å². The molecule has 8 nitrogen and oxygen atoms in total. The van der Waals surface area contributed by atoms with Gasteiger partial charge >= 0.3 is 12.0 Å². The molecule has 2 heterocycles. The fourth-order valence-corrected chi connectivity index (χ4v) is 4.03. The van der Waals surface area contributed by atoms with Crippen LogP contribution in [0.25, 0.3) is 0 Å². The Morgan fingerprint density at radius 2 is 2.03 bits per heavy atom. The van der Waals surface area contributed by atoms with Crippen LogP contribution in [0.3, 0.4) is 0 Å². The summed E-state index contributed by atoms with van der Waals surface area (Å²) in [5, 5.41) is 6.42. The van der Waals surface area contributed by atoms with Crippen LogP contribution in [-0.4, -0.2) is 41.0 Å². The van der Waals surface area contributed by atoms with Crippen molar-refractivity contribution < 1.29 is 19.1 Å². The van der Waals surface area contributed by atoms with Crippen LogP contribution in [-0.2, 0) is 16.1 Å². The van der Waals surface area contributed by atoms with Crippen molar-refractivity contribution in [2.75, 3.05) is 19.5 Å². The molecule has 1 atom stereocenters. The Kier molecular flexibility index (Phi) is 6.82. The molecule has 1 unspecified atom stereocenters. The summed E-state index contributed by atoms with van der Waals surface area (Å²) in [4.78, 5) is 29.4.